The number of aliphatic hydroxyl groups excluding tert-OH is 1. The Morgan fingerprint density at radius 3 is 2.48 bits per heavy atom. The Kier molecular flexibility index (Phi) is 7.10. The second-order valence-electron chi connectivity index (χ2n) is 5.39. The molecular weight excluding hydrogens is 342 g/mol. The number of nitrogens with zero attached hydrogens (tertiary/aromatic N) is 1. The van der Waals surface area contributed by atoms with E-state index in [0.717, 1.165) is 5.56 Å². The highest BCUT2D eigenvalue weighted by Crippen LogP contribution is 2.29. The number of carbonyl (C=O) groups is 1. The average molecular weight is 364 g/mol. The van der Waals surface area contributed by atoms with Gasteiger partial charge < -0.3 is 19.5 Å². The fraction of sp³-hybridized carbons (Fsp3) is 0.316. The molecule has 0 aliphatic carbocycles. The quantitative estimate of drug-likeness (QED) is 0.781. The maximum absolute atomic E-state index is 12.5. The van der Waals surface area contributed by atoms with E-state index in [1.165, 1.54) is 7.11 Å². The monoisotopic (exact) mass is 363 g/mol. The predicted octanol–water partition coefficient (Wildman–Crippen LogP) is 3.38. The molecular formula is C19H22ClNO4. The summed E-state index contributed by atoms with van der Waals surface area (Å²) in [7, 11) is 1.53. The average Bonchev–Trinajstić information content (AvgIpc) is 2.65. The van der Waals surface area contributed by atoms with Crippen molar-refractivity contribution >= 4 is 17.5 Å². The minimum absolute atomic E-state index is 0.0704. The molecule has 0 heterocycles. The lowest BCUT2D eigenvalue weighted by Gasteiger charge is -2.20. The highest BCUT2D eigenvalue weighted by Gasteiger charge is 2.16. The molecule has 0 aliphatic heterocycles. The summed E-state index contributed by atoms with van der Waals surface area (Å²) >= 11 is 5.87. The van der Waals surface area contributed by atoms with E-state index in [9.17, 15) is 4.79 Å². The lowest BCUT2D eigenvalue weighted by molar-refractivity contribution is 0.0731. The number of rotatable bonds is 8. The second kappa shape index (κ2) is 9.30. The number of ether oxygens (including phenoxy) is 2. The van der Waals surface area contributed by atoms with E-state index in [1.54, 1.807) is 35.2 Å². The van der Waals surface area contributed by atoms with Crippen molar-refractivity contribution in [2.24, 2.45) is 0 Å². The van der Waals surface area contributed by atoms with Gasteiger partial charge in [0.15, 0.2) is 11.5 Å². The first-order chi connectivity index (χ1) is 12.1. The van der Waals surface area contributed by atoms with Gasteiger partial charge in [0.1, 0.15) is 6.61 Å². The number of aliphatic hydroxyl groups is 1. The van der Waals surface area contributed by atoms with Crippen LogP contribution in [-0.4, -0.2) is 42.7 Å². The zero-order valence-corrected chi connectivity index (χ0v) is 15.1. The number of benzene rings is 2. The van der Waals surface area contributed by atoms with Gasteiger partial charge >= 0.3 is 0 Å². The Morgan fingerprint density at radius 1 is 1.16 bits per heavy atom. The van der Waals surface area contributed by atoms with E-state index >= 15 is 0 Å². The first kappa shape index (κ1) is 19.1. The molecule has 0 radical (unpaired) electrons. The van der Waals surface area contributed by atoms with Gasteiger partial charge in [0.2, 0.25) is 0 Å². The van der Waals surface area contributed by atoms with Crippen molar-refractivity contribution in [1.29, 1.82) is 0 Å². The molecule has 0 fully saturated rings. The molecule has 25 heavy (non-hydrogen) atoms. The van der Waals surface area contributed by atoms with Crippen molar-refractivity contribution in [1.82, 2.24) is 4.90 Å². The summed E-state index contributed by atoms with van der Waals surface area (Å²) in [5.74, 6) is 0.887. The third-order valence-corrected chi connectivity index (χ3v) is 4.01. The zero-order valence-electron chi connectivity index (χ0n) is 14.4. The Balaban J connectivity index is 2.12. The van der Waals surface area contributed by atoms with Crippen molar-refractivity contribution in [2.45, 2.75) is 13.5 Å². The van der Waals surface area contributed by atoms with Crippen LogP contribution >= 0.6 is 11.6 Å². The topological polar surface area (TPSA) is 59.0 Å². The molecule has 0 aromatic heterocycles. The van der Waals surface area contributed by atoms with Crippen molar-refractivity contribution < 1.29 is 19.4 Å². The normalized spacial score (nSPS) is 10.4. The van der Waals surface area contributed by atoms with Gasteiger partial charge in [-0.05, 0) is 42.8 Å². The highest BCUT2D eigenvalue weighted by atomic mass is 35.5. The lowest BCUT2D eigenvalue weighted by atomic mass is 10.1. The van der Waals surface area contributed by atoms with E-state index in [0.29, 0.717) is 41.8 Å². The number of hydrogen-bond donors (Lipinski definition) is 1. The van der Waals surface area contributed by atoms with Crippen LogP contribution in [0.4, 0.5) is 0 Å². The Bertz CT molecular complexity index is 703. The number of carbonyl (C=O) groups excluding carboxylic acids is 1. The summed E-state index contributed by atoms with van der Waals surface area (Å²) in [5, 5.41) is 9.73. The second-order valence-corrected chi connectivity index (χ2v) is 5.83. The molecule has 0 spiro atoms. The molecule has 2 rings (SSSR count). The molecule has 0 unspecified atom stereocenters. The van der Waals surface area contributed by atoms with Gasteiger partial charge in [-0.25, -0.2) is 0 Å². The molecule has 134 valence electrons. The van der Waals surface area contributed by atoms with Crippen LogP contribution in [0.1, 0.15) is 22.8 Å². The number of halogens is 1. The fourth-order valence-electron chi connectivity index (χ4n) is 2.37. The molecule has 0 saturated heterocycles. The minimum Gasteiger partial charge on any atom is -0.493 e. The fourth-order valence-corrected chi connectivity index (χ4v) is 2.49. The first-order valence-corrected chi connectivity index (χ1v) is 8.42. The van der Waals surface area contributed by atoms with E-state index in [2.05, 4.69) is 0 Å². The van der Waals surface area contributed by atoms with Gasteiger partial charge in [0.05, 0.1) is 13.7 Å². The third kappa shape index (κ3) is 5.11. The summed E-state index contributed by atoms with van der Waals surface area (Å²) in [6.07, 6.45) is 0. The van der Waals surface area contributed by atoms with Gasteiger partial charge in [-0.15, -0.1) is 0 Å². The summed E-state index contributed by atoms with van der Waals surface area (Å²) in [5.41, 5.74) is 1.47. The molecule has 6 heteroatoms. The van der Waals surface area contributed by atoms with Crippen LogP contribution in [0.3, 0.4) is 0 Å². The molecule has 2 aromatic carbocycles. The number of hydrogen-bond acceptors (Lipinski definition) is 4. The minimum atomic E-state index is -0.154. The maximum Gasteiger partial charge on any atom is 0.254 e. The highest BCUT2D eigenvalue weighted by molar-refractivity contribution is 6.30. The van der Waals surface area contributed by atoms with Crippen LogP contribution in [0.25, 0.3) is 0 Å². The zero-order chi connectivity index (χ0) is 18.2. The van der Waals surface area contributed by atoms with E-state index in [-0.39, 0.29) is 12.5 Å². The van der Waals surface area contributed by atoms with Crippen molar-refractivity contribution in [3.8, 4) is 11.5 Å². The van der Waals surface area contributed by atoms with Crippen LogP contribution < -0.4 is 9.47 Å². The standard InChI is InChI=1S/C19H22ClNO4/c1-3-21(10-11-22)19(23)15-6-9-17(18(12-15)24-2)25-13-14-4-7-16(20)8-5-14/h4-9,12,22H,3,10-11,13H2,1-2H3. The van der Waals surface area contributed by atoms with E-state index in [4.69, 9.17) is 26.2 Å². The summed E-state index contributed by atoms with van der Waals surface area (Å²) in [6.45, 7) is 2.99. The van der Waals surface area contributed by atoms with E-state index < -0.39 is 0 Å². The predicted molar refractivity (Wildman–Crippen MR) is 97.4 cm³/mol. The Labute approximate surface area is 152 Å². The first-order valence-electron chi connectivity index (χ1n) is 8.04. The van der Waals surface area contributed by atoms with Crippen molar-refractivity contribution in [2.75, 3.05) is 26.8 Å². The molecule has 0 aliphatic rings. The smallest absolute Gasteiger partial charge is 0.254 e. The van der Waals surface area contributed by atoms with E-state index in [1.807, 2.05) is 19.1 Å². The molecule has 5 nitrogen and oxygen atoms in total. The van der Waals surface area contributed by atoms with Crippen molar-refractivity contribution in [3.05, 3.63) is 58.6 Å². The molecule has 2 aromatic rings. The van der Waals surface area contributed by atoms with Gasteiger partial charge in [-0.1, -0.05) is 23.7 Å². The molecule has 0 saturated carbocycles. The summed E-state index contributed by atoms with van der Waals surface area (Å²) < 4.78 is 11.1. The largest absolute Gasteiger partial charge is 0.493 e. The Hall–Kier alpha value is -2.24. The van der Waals surface area contributed by atoms with Crippen LogP contribution in [0.2, 0.25) is 5.02 Å². The number of methoxy groups -OCH3 is 1. The maximum atomic E-state index is 12.5. The third-order valence-electron chi connectivity index (χ3n) is 3.76. The van der Waals surface area contributed by atoms with Crippen LogP contribution in [0, 0.1) is 0 Å². The summed E-state index contributed by atoms with van der Waals surface area (Å²) in [4.78, 5) is 14.0. The Morgan fingerprint density at radius 2 is 1.88 bits per heavy atom. The van der Waals surface area contributed by atoms with Crippen LogP contribution in [0.15, 0.2) is 42.5 Å². The molecule has 1 N–H and O–H groups in total. The van der Waals surface area contributed by atoms with Crippen LogP contribution in [-0.2, 0) is 6.61 Å². The van der Waals surface area contributed by atoms with Gasteiger partial charge in [-0.3, -0.25) is 4.79 Å². The van der Waals surface area contributed by atoms with Crippen LogP contribution in [0.5, 0.6) is 11.5 Å². The SMILES string of the molecule is CCN(CCO)C(=O)c1ccc(OCc2ccc(Cl)cc2)c(OC)c1. The lowest BCUT2D eigenvalue weighted by Crippen LogP contribution is -2.33. The van der Waals surface area contributed by atoms with Crippen molar-refractivity contribution in [3.63, 3.8) is 0 Å². The molecule has 0 bridgehead atoms. The molecule has 0 atom stereocenters. The van der Waals surface area contributed by atoms with Gasteiger partial charge in [-0.2, -0.15) is 0 Å². The summed E-state index contributed by atoms with van der Waals surface area (Å²) in [6, 6.07) is 12.5. The van der Waals surface area contributed by atoms with Gasteiger partial charge in [0, 0.05) is 23.7 Å². The number of amides is 1. The van der Waals surface area contributed by atoms with Gasteiger partial charge in [0.25, 0.3) is 5.91 Å². The molecule has 1 amide bonds. The number of likely N-dealkylation sites (N-methyl/N-ethyl adjacent to an activating group) is 1.